The van der Waals surface area contributed by atoms with Crippen LogP contribution in [0.3, 0.4) is 0 Å². The van der Waals surface area contributed by atoms with Gasteiger partial charge in [-0.2, -0.15) is 0 Å². The van der Waals surface area contributed by atoms with Crippen LogP contribution in [0.2, 0.25) is 0 Å². The maximum absolute atomic E-state index is 12.0. The van der Waals surface area contributed by atoms with Crippen molar-refractivity contribution in [2.75, 3.05) is 13.6 Å². The molecule has 0 aromatic heterocycles. The number of hydrogen-bond donors (Lipinski definition) is 1. The van der Waals surface area contributed by atoms with E-state index >= 15 is 0 Å². The summed E-state index contributed by atoms with van der Waals surface area (Å²) in [6.07, 6.45) is 5.96. The fourth-order valence-corrected chi connectivity index (χ4v) is 2.29. The van der Waals surface area contributed by atoms with Crippen molar-refractivity contribution in [1.29, 1.82) is 0 Å². The molecule has 3 heteroatoms. The van der Waals surface area contributed by atoms with Gasteiger partial charge in [0.25, 0.3) is 0 Å². The lowest BCUT2D eigenvalue weighted by Crippen LogP contribution is -2.34. The van der Waals surface area contributed by atoms with Gasteiger partial charge in [0, 0.05) is 19.6 Å². The molecule has 0 radical (unpaired) electrons. The van der Waals surface area contributed by atoms with Crippen molar-refractivity contribution < 1.29 is 4.79 Å². The molecule has 0 aromatic rings. The first-order valence-electron chi connectivity index (χ1n) is 5.77. The topological polar surface area (TPSA) is 46.3 Å². The van der Waals surface area contributed by atoms with Gasteiger partial charge in [-0.05, 0) is 24.7 Å². The van der Waals surface area contributed by atoms with Gasteiger partial charge in [0.05, 0.1) is 5.92 Å². The van der Waals surface area contributed by atoms with Gasteiger partial charge in [-0.1, -0.05) is 19.1 Å². The fourth-order valence-electron chi connectivity index (χ4n) is 2.29. The molecule has 1 fully saturated rings. The highest BCUT2D eigenvalue weighted by Gasteiger charge is 2.35. The summed E-state index contributed by atoms with van der Waals surface area (Å²) in [6, 6.07) is 0.0761. The number of nitrogens with zero attached hydrogens (tertiary/aromatic N) is 1. The third-order valence-corrected chi connectivity index (χ3v) is 3.59. The molecular weight excluding hydrogens is 188 g/mol. The van der Waals surface area contributed by atoms with Gasteiger partial charge >= 0.3 is 0 Å². The quantitative estimate of drug-likeness (QED) is 0.703. The molecule has 0 saturated heterocycles. The number of carbonyl (C=O) groups excluding carboxylic acids is 1. The summed E-state index contributed by atoms with van der Waals surface area (Å²) < 4.78 is 0. The summed E-state index contributed by atoms with van der Waals surface area (Å²) in [5.74, 6) is 1.80. The lowest BCUT2D eigenvalue weighted by atomic mass is 10.1. The van der Waals surface area contributed by atoms with Gasteiger partial charge in [-0.3, -0.25) is 4.79 Å². The second-order valence-corrected chi connectivity index (χ2v) is 5.08. The Morgan fingerprint density at radius 2 is 2.13 bits per heavy atom. The molecule has 2 aliphatic carbocycles. The van der Waals surface area contributed by atoms with E-state index in [1.165, 1.54) is 6.42 Å². The maximum Gasteiger partial charge on any atom is 0.229 e. The third kappa shape index (κ3) is 2.40. The minimum absolute atomic E-state index is 0.0269. The van der Waals surface area contributed by atoms with Gasteiger partial charge in [-0.25, -0.2) is 0 Å². The molecule has 2 N–H and O–H groups in total. The normalized spacial score (nSPS) is 38.1. The molecule has 3 nitrogen and oxygen atoms in total. The zero-order chi connectivity index (χ0) is 11.0. The van der Waals surface area contributed by atoms with E-state index in [2.05, 4.69) is 6.92 Å². The third-order valence-electron chi connectivity index (χ3n) is 3.59. The van der Waals surface area contributed by atoms with Gasteiger partial charge in [-0.15, -0.1) is 0 Å². The summed E-state index contributed by atoms with van der Waals surface area (Å²) >= 11 is 0. The predicted molar refractivity (Wildman–Crippen MR) is 60.1 cm³/mol. The minimum atomic E-state index is 0.0269. The van der Waals surface area contributed by atoms with Crippen molar-refractivity contribution >= 4 is 5.91 Å². The van der Waals surface area contributed by atoms with Crippen LogP contribution in [0.15, 0.2) is 12.2 Å². The Hall–Kier alpha value is -0.830. The minimum Gasteiger partial charge on any atom is -0.345 e. The van der Waals surface area contributed by atoms with Crippen LogP contribution in [0.5, 0.6) is 0 Å². The molecular formula is C12H20N2O. The zero-order valence-electron chi connectivity index (χ0n) is 9.52. The Morgan fingerprint density at radius 1 is 1.47 bits per heavy atom. The molecule has 0 aliphatic heterocycles. The summed E-state index contributed by atoms with van der Waals surface area (Å²) in [7, 11) is 1.91. The number of hydrogen-bond acceptors (Lipinski definition) is 2. The van der Waals surface area contributed by atoms with Gasteiger partial charge < -0.3 is 10.6 Å². The van der Waals surface area contributed by atoms with Gasteiger partial charge in [0.1, 0.15) is 0 Å². The number of amides is 1. The molecule has 15 heavy (non-hydrogen) atoms. The highest BCUT2D eigenvalue weighted by Crippen LogP contribution is 2.38. The van der Waals surface area contributed by atoms with E-state index in [1.807, 2.05) is 24.1 Å². The van der Waals surface area contributed by atoms with Crippen molar-refractivity contribution in [3.8, 4) is 0 Å². The van der Waals surface area contributed by atoms with Gasteiger partial charge in [0.15, 0.2) is 0 Å². The van der Waals surface area contributed by atoms with Crippen LogP contribution in [0.25, 0.3) is 0 Å². The van der Waals surface area contributed by atoms with Crippen molar-refractivity contribution in [1.82, 2.24) is 4.90 Å². The number of carbonyl (C=O) groups is 1. The van der Waals surface area contributed by atoms with Crippen molar-refractivity contribution in [2.45, 2.75) is 25.8 Å². The summed E-state index contributed by atoms with van der Waals surface area (Å²) in [4.78, 5) is 13.9. The molecule has 4 atom stereocenters. The van der Waals surface area contributed by atoms with Crippen LogP contribution in [-0.2, 0) is 4.79 Å². The van der Waals surface area contributed by atoms with E-state index < -0.39 is 0 Å². The smallest absolute Gasteiger partial charge is 0.229 e. The maximum atomic E-state index is 12.0. The monoisotopic (exact) mass is 208 g/mol. The van der Waals surface area contributed by atoms with Crippen molar-refractivity contribution in [3.63, 3.8) is 0 Å². The van der Waals surface area contributed by atoms with E-state index in [9.17, 15) is 4.79 Å². The summed E-state index contributed by atoms with van der Waals surface area (Å²) in [5.41, 5.74) is 5.74. The second-order valence-electron chi connectivity index (χ2n) is 5.08. The lowest BCUT2D eigenvalue weighted by Gasteiger charge is -2.20. The number of nitrogens with two attached hydrogens (primary N) is 1. The molecule has 0 aromatic carbocycles. The number of rotatable bonds is 3. The molecule has 0 spiro atoms. The first kappa shape index (κ1) is 10.7. The van der Waals surface area contributed by atoms with E-state index in [1.54, 1.807) is 0 Å². The molecule has 1 saturated carbocycles. The summed E-state index contributed by atoms with van der Waals surface area (Å²) in [5, 5.41) is 0. The molecule has 0 bridgehead atoms. The second kappa shape index (κ2) is 3.97. The Bertz CT molecular complexity index is 287. The SMILES string of the molecule is CC1CC1CN(C)C(=O)C1C=CC(N)C1. The lowest BCUT2D eigenvalue weighted by molar-refractivity contribution is -0.132. The summed E-state index contributed by atoms with van der Waals surface area (Å²) in [6.45, 7) is 3.16. The Kier molecular flexibility index (Phi) is 2.83. The standard InChI is InChI=1S/C12H20N2O/c1-8-5-10(8)7-14(2)12(15)9-3-4-11(13)6-9/h3-4,8-11H,5-7,13H2,1-2H3. The Morgan fingerprint density at radius 3 is 2.60 bits per heavy atom. The van der Waals surface area contributed by atoms with Crippen LogP contribution in [0.4, 0.5) is 0 Å². The van der Waals surface area contributed by atoms with E-state index in [-0.39, 0.29) is 17.9 Å². The molecule has 84 valence electrons. The van der Waals surface area contributed by atoms with E-state index in [4.69, 9.17) is 5.73 Å². The first-order chi connectivity index (χ1) is 7.08. The van der Waals surface area contributed by atoms with Crippen LogP contribution >= 0.6 is 0 Å². The fraction of sp³-hybridized carbons (Fsp3) is 0.750. The van der Waals surface area contributed by atoms with Gasteiger partial charge in [0.2, 0.25) is 5.91 Å². The molecule has 4 unspecified atom stereocenters. The average molecular weight is 208 g/mol. The highest BCUT2D eigenvalue weighted by atomic mass is 16.2. The molecule has 1 amide bonds. The Labute approximate surface area is 91.3 Å². The van der Waals surface area contributed by atoms with Crippen LogP contribution in [0, 0.1) is 17.8 Å². The zero-order valence-corrected chi connectivity index (χ0v) is 9.52. The Balaban J connectivity index is 1.82. The average Bonchev–Trinajstić information content (AvgIpc) is 2.71. The molecule has 0 heterocycles. The van der Waals surface area contributed by atoms with Crippen molar-refractivity contribution in [2.24, 2.45) is 23.5 Å². The highest BCUT2D eigenvalue weighted by molar-refractivity contribution is 5.81. The largest absolute Gasteiger partial charge is 0.345 e. The molecule has 2 rings (SSSR count). The molecule has 2 aliphatic rings. The first-order valence-corrected chi connectivity index (χ1v) is 5.77. The van der Waals surface area contributed by atoms with Crippen LogP contribution in [-0.4, -0.2) is 30.4 Å². The van der Waals surface area contributed by atoms with E-state index in [0.29, 0.717) is 0 Å². The van der Waals surface area contributed by atoms with Crippen LogP contribution in [0.1, 0.15) is 19.8 Å². The van der Waals surface area contributed by atoms with Crippen LogP contribution < -0.4 is 5.73 Å². The predicted octanol–water partition coefficient (Wildman–Crippen LogP) is 1.00. The van der Waals surface area contributed by atoms with E-state index in [0.717, 1.165) is 24.8 Å². The van der Waals surface area contributed by atoms with Crippen molar-refractivity contribution in [3.05, 3.63) is 12.2 Å².